The van der Waals surface area contributed by atoms with E-state index in [-0.39, 0.29) is 0 Å². The Kier molecular flexibility index (Phi) is 10.6. The van der Waals surface area contributed by atoms with Crippen molar-refractivity contribution in [1.82, 2.24) is 4.98 Å². The number of ether oxygens (including phenoxy) is 1. The molecule has 0 spiro atoms. The summed E-state index contributed by atoms with van der Waals surface area (Å²) in [5.41, 5.74) is 5.88. The third-order valence-electron chi connectivity index (χ3n) is 6.87. The van der Waals surface area contributed by atoms with Gasteiger partial charge in [0.15, 0.2) is 7.26 Å². The molecule has 0 atom stereocenters. The van der Waals surface area contributed by atoms with Crippen molar-refractivity contribution in [2.24, 2.45) is 5.10 Å². The molecule has 0 saturated carbocycles. The minimum atomic E-state index is -4.94. The number of methoxy groups -OCH3 is 1. The Morgan fingerprint density at radius 2 is 1.11 bits per heavy atom. The minimum absolute atomic E-state index is 0.513. The Morgan fingerprint density at radius 3 is 1.54 bits per heavy atom. The lowest BCUT2D eigenvalue weighted by Gasteiger charge is -2.25. The van der Waals surface area contributed by atoms with Gasteiger partial charge in [-0.1, -0.05) is 72.8 Å². The van der Waals surface area contributed by atoms with Crippen molar-refractivity contribution >= 4 is 40.7 Å². The molecule has 0 bridgehead atoms. The lowest BCUT2D eigenvalue weighted by atomic mass is 10.2. The molecule has 0 aliphatic heterocycles. The number of anilines is 1. The van der Waals surface area contributed by atoms with E-state index in [1.54, 1.807) is 13.3 Å². The highest BCUT2D eigenvalue weighted by molar-refractivity contribution is 8.01. The number of hydrogen-bond donors (Lipinski definition) is 1. The summed E-state index contributed by atoms with van der Waals surface area (Å²) in [4.78, 5) is 5.26. The molecule has 0 aliphatic carbocycles. The molecule has 0 radical (unpaired) electrons. The minimum Gasteiger partial charge on any atom is -0.497 e. The average Bonchev–Trinajstić information content (AvgIpc) is 3.51. The SMILES string of the molecule is COc1ccc(C=NNc2oc(-c3ccccc3)nc2[P+](c2ccccc2)(c2ccccc2)c2ccccc2)cc1.[O-][Cl+3]([O-])([O-])[O-]. The summed E-state index contributed by atoms with van der Waals surface area (Å²) in [5, 5.41) is 8.12. The number of rotatable bonds is 9. The van der Waals surface area contributed by atoms with E-state index in [2.05, 4.69) is 83.3 Å². The maximum atomic E-state index is 8.49. The third kappa shape index (κ3) is 7.85. The van der Waals surface area contributed by atoms with Gasteiger partial charge in [-0.2, -0.15) is 10.1 Å². The third-order valence-corrected chi connectivity index (χ3v) is 11.0. The lowest BCUT2D eigenvalue weighted by Crippen LogP contribution is -2.68. The van der Waals surface area contributed by atoms with Crippen molar-refractivity contribution in [2.45, 2.75) is 0 Å². The first kappa shape index (κ1) is 32.5. The first-order chi connectivity index (χ1) is 22.3. The zero-order chi connectivity index (χ0) is 32.4. The van der Waals surface area contributed by atoms with Gasteiger partial charge in [0.05, 0.1) is 13.3 Å². The molecule has 0 saturated heterocycles. The van der Waals surface area contributed by atoms with Crippen LogP contribution in [0, 0.1) is 10.2 Å². The standard InChI is InChI=1S/C35H29N3O2P.ClHO4/c1-39-29-24-22-27(23-25-29)26-36-38-34-35(37-33(40-34)28-14-6-2-7-15-28)41(30-16-8-3-9-17-30,31-18-10-4-11-19-31)32-20-12-5-13-21-32;2-1(3,4)5/h2-26,38H,1H3;(H,2,3,4,5)/q+1;/p-1. The van der Waals surface area contributed by atoms with Crippen LogP contribution in [0.5, 0.6) is 5.75 Å². The van der Waals surface area contributed by atoms with E-state index in [1.165, 1.54) is 15.9 Å². The van der Waals surface area contributed by atoms with E-state index in [4.69, 9.17) is 32.8 Å². The maximum Gasteiger partial charge on any atom is 0.280 e. The summed E-state index contributed by atoms with van der Waals surface area (Å²) in [7, 11) is -5.81. The predicted molar refractivity (Wildman–Crippen MR) is 171 cm³/mol. The van der Waals surface area contributed by atoms with Crippen LogP contribution in [0.25, 0.3) is 11.5 Å². The molecule has 0 fully saturated rings. The summed E-state index contributed by atoms with van der Waals surface area (Å²) in [6.45, 7) is 0. The van der Waals surface area contributed by atoms with Gasteiger partial charge in [-0.3, -0.25) is 0 Å². The first-order valence-corrected chi connectivity index (χ1v) is 17.0. The molecule has 6 aromatic rings. The number of hydrazone groups is 1. The smallest absolute Gasteiger partial charge is 0.280 e. The van der Waals surface area contributed by atoms with Crippen molar-refractivity contribution in [1.29, 1.82) is 0 Å². The second-order valence-electron chi connectivity index (χ2n) is 9.74. The number of nitrogens with zero attached hydrogens (tertiary/aromatic N) is 2. The highest BCUT2D eigenvalue weighted by atomic mass is 35.7. The molecular weight excluding hydrogens is 625 g/mol. The van der Waals surface area contributed by atoms with E-state index in [9.17, 15) is 0 Å². The highest BCUT2D eigenvalue weighted by Gasteiger charge is 2.53. The number of benzene rings is 5. The van der Waals surface area contributed by atoms with Gasteiger partial charge < -0.3 is 9.15 Å². The van der Waals surface area contributed by atoms with Crippen molar-refractivity contribution in [3.8, 4) is 17.2 Å². The van der Waals surface area contributed by atoms with Crippen molar-refractivity contribution < 1.29 is 38.0 Å². The molecule has 11 heteroatoms. The van der Waals surface area contributed by atoms with Gasteiger partial charge in [-0.25, -0.2) is 24.1 Å². The summed E-state index contributed by atoms with van der Waals surface area (Å²) < 4.78 is 45.8. The molecule has 6 rings (SSSR count). The first-order valence-electron chi connectivity index (χ1n) is 14.0. The Hall–Kier alpha value is -4.86. The van der Waals surface area contributed by atoms with Crippen molar-refractivity contribution in [3.05, 3.63) is 151 Å². The Balaban J connectivity index is 0.000000775. The molecule has 9 nitrogen and oxygen atoms in total. The van der Waals surface area contributed by atoms with Crippen LogP contribution in [-0.4, -0.2) is 18.3 Å². The van der Waals surface area contributed by atoms with Gasteiger partial charge in [-0.15, -0.1) is 10.2 Å². The molecule has 0 aliphatic rings. The molecular formula is C35H29ClN3O6P. The largest absolute Gasteiger partial charge is 0.497 e. The Bertz CT molecular complexity index is 1730. The highest BCUT2D eigenvalue weighted by Crippen LogP contribution is 2.55. The topological polar surface area (TPSA) is 152 Å². The van der Waals surface area contributed by atoms with Crippen LogP contribution >= 0.6 is 7.26 Å². The molecule has 1 N–H and O–H groups in total. The summed E-state index contributed by atoms with van der Waals surface area (Å²) in [6, 6.07) is 49.5. The second kappa shape index (κ2) is 14.9. The number of nitrogens with one attached hydrogen (secondary N) is 1. The van der Waals surface area contributed by atoms with E-state index in [0.29, 0.717) is 11.8 Å². The van der Waals surface area contributed by atoms with Crippen LogP contribution < -0.4 is 50.1 Å². The lowest BCUT2D eigenvalue weighted by molar-refractivity contribution is -2.00. The van der Waals surface area contributed by atoms with Crippen molar-refractivity contribution in [2.75, 3.05) is 12.5 Å². The van der Waals surface area contributed by atoms with Crippen LogP contribution in [0.1, 0.15) is 5.56 Å². The monoisotopic (exact) mass is 653 g/mol. The van der Waals surface area contributed by atoms with Crippen molar-refractivity contribution in [3.63, 3.8) is 0 Å². The molecule has 1 heterocycles. The number of halogens is 1. The second-order valence-corrected chi connectivity index (χ2v) is 13.8. The van der Waals surface area contributed by atoms with E-state index >= 15 is 0 Å². The average molecular weight is 654 g/mol. The number of oxazole rings is 1. The summed E-state index contributed by atoms with van der Waals surface area (Å²) in [5.74, 6) is 1.84. The zero-order valence-electron chi connectivity index (χ0n) is 24.6. The van der Waals surface area contributed by atoms with E-state index < -0.39 is 17.5 Å². The van der Waals surface area contributed by atoms with Gasteiger partial charge >= 0.3 is 0 Å². The summed E-state index contributed by atoms with van der Waals surface area (Å²) in [6.07, 6.45) is 1.77. The van der Waals surface area contributed by atoms with E-state index in [0.717, 1.165) is 22.3 Å². The zero-order valence-corrected chi connectivity index (χ0v) is 26.3. The fourth-order valence-corrected chi connectivity index (χ4v) is 9.07. The van der Waals surface area contributed by atoms with Crippen LogP contribution in [0.3, 0.4) is 0 Å². The number of aromatic nitrogens is 1. The van der Waals surface area contributed by atoms with Crippen LogP contribution in [-0.2, 0) is 0 Å². The van der Waals surface area contributed by atoms with Crippen LogP contribution in [0.2, 0.25) is 0 Å². The van der Waals surface area contributed by atoms with Gasteiger partial charge in [0.25, 0.3) is 11.3 Å². The molecule has 1 aromatic heterocycles. The van der Waals surface area contributed by atoms with Gasteiger partial charge in [-0.05, 0) is 78.4 Å². The summed E-state index contributed by atoms with van der Waals surface area (Å²) >= 11 is 0. The van der Waals surface area contributed by atoms with Crippen LogP contribution in [0.15, 0.2) is 155 Å². The Labute approximate surface area is 269 Å². The number of hydrogen-bond acceptors (Lipinski definition) is 9. The molecule has 232 valence electrons. The molecule has 46 heavy (non-hydrogen) atoms. The maximum absolute atomic E-state index is 8.49. The van der Waals surface area contributed by atoms with E-state index in [1.807, 2.05) is 72.8 Å². The Morgan fingerprint density at radius 1 is 0.674 bits per heavy atom. The quantitative estimate of drug-likeness (QED) is 0.141. The molecule has 0 unspecified atom stereocenters. The molecule has 5 aromatic carbocycles. The predicted octanol–water partition coefficient (Wildman–Crippen LogP) is 1.66. The fourth-order valence-electron chi connectivity index (χ4n) is 4.94. The normalized spacial score (nSPS) is 11.5. The van der Waals surface area contributed by atoms with Crippen LogP contribution in [0.4, 0.5) is 5.88 Å². The molecule has 0 amide bonds. The van der Waals surface area contributed by atoms with Gasteiger partial charge in [0.1, 0.15) is 21.7 Å². The van der Waals surface area contributed by atoms with Gasteiger partial charge in [0, 0.05) is 5.56 Å². The van der Waals surface area contributed by atoms with Gasteiger partial charge in [0.2, 0.25) is 5.89 Å². The fraction of sp³-hybridized carbons (Fsp3) is 0.0286.